The molecule has 1 atom stereocenters. The number of hydrogen-bond acceptors (Lipinski definition) is 6. The van der Waals surface area contributed by atoms with Gasteiger partial charge in [-0.25, -0.2) is 0 Å². The lowest BCUT2D eigenvalue weighted by atomic mass is 10.0. The molecule has 0 aliphatic carbocycles. The Morgan fingerprint density at radius 2 is 0.450 bits per heavy atom. The third kappa shape index (κ3) is 66.4. The van der Waals surface area contributed by atoms with Gasteiger partial charge in [-0.05, 0) is 57.8 Å². The van der Waals surface area contributed by atoms with E-state index < -0.39 is 6.10 Å². The number of ether oxygens (including phenoxy) is 3. The van der Waals surface area contributed by atoms with E-state index in [-0.39, 0.29) is 31.1 Å². The predicted molar refractivity (Wildman–Crippen MR) is 349 cm³/mol. The number of carbonyl (C=O) groups is 3. The van der Waals surface area contributed by atoms with Crippen LogP contribution in [-0.4, -0.2) is 37.2 Å². The van der Waals surface area contributed by atoms with Gasteiger partial charge in [-0.3, -0.25) is 14.4 Å². The Morgan fingerprint density at radius 1 is 0.250 bits per heavy atom. The summed E-state index contributed by atoms with van der Waals surface area (Å²) < 4.78 is 16.9. The Labute approximate surface area is 499 Å². The van der Waals surface area contributed by atoms with Crippen molar-refractivity contribution in [1.82, 2.24) is 0 Å². The van der Waals surface area contributed by atoms with E-state index in [1.54, 1.807) is 0 Å². The van der Waals surface area contributed by atoms with Crippen molar-refractivity contribution in [2.45, 2.75) is 406 Å². The van der Waals surface area contributed by atoms with Crippen LogP contribution in [0.4, 0.5) is 0 Å². The molecule has 6 heteroatoms. The van der Waals surface area contributed by atoms with Gasteiger partial charge in [0.15, 0.2) is 6.10 Å². The van der Waals surface area contributed by atoms with Crippen LogP contribution in [0.15, 0.2) is 36.5 Å². The second kappa shape index (κ2) is 69.1. The number of unbranched alkanes of at least 4 members (excludes halogenated alkanes) is 50. The lowest BCUT2D eigenvalue weighted by Gasteiger charge is -2.18. The number of allylic oxidation sites excluding steroid dienone is 6. The first-order valence-electron chi connectivity index (χ1n) is 36.0. The quantitative estimate of drug-likeness (QED) is 0.0261. The van der Waals surface area contributed by atoms with Gasteiger partial charge in [0.1, 0.15) is 13.2 Å². The monoisotopic (exact) mass is 1120 g/mol. The molecular formula is C74H138O6. The van der Waals surface area contributed by atoms with Gasteiger partial charge in [0.05, 0.1) is 0 Å². The molecule has 0 saturated heterocycles. The molecule has 0 fully saturated rings. The topological polar surface area (TPSA) is 78.9 Å². The summed E-state index contributed by atoms with van der Waals surface area (Å²) in [5.74, 6) is -0.841. The molecule has 0 aromatic heterocycles. The summed E-state index contributed by atoms with van der Waals surface area (Å²) in [5.41, 5.74) is 0. The van der Waals surface area contributed by atoms with Crippen LogP contribution in [0.2, 0.25) is 0 Å². The summed E-state index contributed by atoms with van der Waals surface area (Å²) in [6.45, 7) is 6.67. The summed E-state index contributed by atoms with van der Waals surface area (Å²) in [4.78, 5) is 38.2. The average molecular weight is 1120 g/mol. The van der Waals surface area contributed by atoms with Crippen molar-refractivity contribution in [3.8, 4) is 0 Å². The van der Waals surface area contributed by atoms with Gasteiger partial charge >= 0.3 is 17.9 Å². The van der Waals surface area contributed by atoms with Crippen LogP contribution in [0, 0.1) is 0 Å². The Kier molecular flexibility index (Phi) is 67.1. The van der Waals surface area contributed by atoms with E-state index in [2.05, 4.69) is 57.2 Å². The minimum atomic E-state index is -0.767. The number of esters is 3. The molecule has 0 aromatic rings. The summed E-state index contributed by atoms with van der Waals surface area (Å²) in [6.07, 6.45) is 86.3. The second-order valence-electron chi connectivity index (χ2n) is 24.5. The van der Waals surface area contributed by atoms with Gasteiger partial charge in [0.25, 0.3) is 0 Å². The van der Waals surface area contributed by atoms with Crippen molar-refractivity contribution in [1.29, 1.82) is 0 Å². The smallest absolute Gasteiger partial charge is 0.306 e. The fraction of sp³-hybridized carbons (Fsp3) is 0.878. The first-order valence-corrected chi connectivity index (χ1v) is 36.0. The minimum absolute atomic E-state index is 0.0656. The summed E-state index contributed by atoms with van der Waals surface area (Å²) in [6, 6.07) is 0. The fourth-order valence-electron chi connectivity index (χ4n) is 11.0. The predicted octanol–water partition coefficient (Wildman–Crippen LogP) is 24.7. The Hall–Kier alpha value is -2.37. The molecule has 0 aromatic carbocycles. The zero-order chi connectivity index (χ0) is 57.8. The number of carbonyl (C=O) groups excluding carboxylic acids is 3. The Morgan fingerprint density at radius 3 is 0.700 bits per heavy atom. The molecule has 0 heterocycles. The van der Waals surface area contributed by atoms with Crippen molar-refractivity contribution in [2.24, 2.45) is 0 Å². The molecule has 0 rings (SSSR count). The highest BCUT2D eigenvalue weighted by Crippen LogP contribution is 2.19. The Bertz CT molecular complexity index is 1340. The van der Waals surface area contributed by atoms with E-state index in [0.29, 0.717) is 19.3 Å². The highest BCUT2D eigenvalue weighted by Gasteiger charge is 2.19. The molecule has 0 aliphatic heterocycles. The van der Waals surface area contributed by atoms with Crippen LogP contribution in [0.5, 0.6) is 0 Å². The fourth-order valence-corrected chi connectivity index (χ4v) is 11.0. The standard InChI is InChI=1S/C74H138O6/c1-4-7-10-13-16-19-21-23-25-27-29-31-33-34-35-36-37-38-39-40-42-43-45-47-49-51-53-55-58-61-64-67-73(76)79-70-71(69-78-72(75)66-63-60-57-18-15-12-9-6-3)80-74(77)68-65-62-59-56-54-52-50-48-46-44-41-32-30-28-26-24-22-20-17-14-11-8-5-2/h21,23,27,29,33-34,71H,4-20,22,24-26,28,30-32,35-70H2,1-3H3/b23-21-,29-27-,34-33-. The lowest BCUT2D eigenvalue weighted by Crippen LogP contribution is -2.30. The van der Waals surface area contributed by atoms with Crippen LogP contribution in [0.3, 0.4) is 0 Å². The van der Waals surface area contributed by atoms with Gasteiger partial charge in [-0.2, -0.15) is 0 Å². The van der Waals surface area contributed by atoms with E-state index in [4.69, 9.17) is 14.2 Å². The van der Waals surface area contributed by atoms with Gasteiger partial charge < -0.3 is 14.2 Å². The van der Waals surface area contributed by atoms with E-state index in [9.17, 15) is 14.4 Å². The summed E-state index contributed by atoms with van der Waals surface area (Å²) >= 11 is 0. The van der Waals surface area contributed by atoms with Gasteiger partial charge in [0.2, 0.25) is 0 Å². The number of hydrogen-bond donors (Lipinski definition) is 0. The molecule has 0 aliphatic rings. The molecule has 80 heavy (non-hydrogen) atoms. The molecule has 6 nitrogen and oxygen atoms in total. The maximum Gasteiger partial charge on any atom is 0.306 e. The second-order valence-corrected chi connectivity index (χ2v) is 24.5. The molecule has 0 amide bonds. The van der Waals surface area contributed by atoms with E-state index in [0.717, 1.165) is 70.6 Å². The third-order valence-corrected chi connectivity index (χ3v) is 16.4. The SMILES string of the molecule is CCCCCCC/C=C\C/C=C\C/C=C\CCCCCCCCCCCCCCCCCCC(=O)OCC(COC(=O)CCCCCCCCCC)OC(=O)CCCCCCCCCCCCCCCCCCCCCCCCC. The van der Waals surface area contributed by atoms with E-state index in [1.807, 2.05) is 0 Å². The Balaban J connectivity index is 4.04. The molecule has 0 saturated carbocycles. The molecule has 0 N–H and O–H groups in total. The molecule has 0 radical (unpaired) electrons. The highest BCUT2D eigenvalue weighted by molar-refractivity contribution is 5.71. The first kappa shape index (κ1) is 77.6. The molecule has 1 unspecified atom stereocenters. The van der Waals surface area contributed by atoms with Crippen LogP contribution in [0.25, 0.3) is 0 Å². The summed E-state index contributed by atoms with van der Waals surface area (Å²) in [5, 5.41) is 0. The maximum absolute atomic E-state index is 12.9. The lowest BCUT2D eigenvalue weighted by molar-refractivity contribution is -0.167. The molecule has 0 spiro atoms. The maximum atomic E-state index is 12.9. The van der Waals surface area contributed by atoms with Crippen molar-refractivity contribution in [2.75, 3.05) is 13.2 Å². The van der Waals surface area contributed by atoms with Crippen LogP contribution in [-0.2, 0) is 28.6 Å². The van der Waals surface area contributed by atoms with E-state index >= 15 is 0 Å². The molecule has 0 bridgehead atoms. The van der Waals surface area contributed by atoms with Gasteiger partial charge in [0, 0.05) is 19.3 Å². The zero-order valence-corrected chi connectivity index (χ0v) is 54.1. The van der Waals surface area contributed by atoms with Crippen molar-refractivity contribution in [3.63, 3.8) is 0 Å². The molecule has 470 valence electrons. The van der Waals surface area contributed by atoms with Crippen molar-refractivity contribution in [3.05, 3.63) is 36.5 Å². The highest BCUT2D eigenvalue weighted by atomic mass is 16.6. The van der Waals surface area contributed by atoms with Crippen LogP contribution >= 0.6 is 0 Å². The van der Waals surface area contributed by atoms with Crippen molar-refractivity contribution >= 4 is 17.9 Å². The summed E-state index contributed by atoms with van der Waals surface area (Å²) in [7, 11) is 0. The first-order chi connectivity index (χ1) is 39.5. The third-order valence-electron chi connectivity index (χ3n) is 16.4. The van der Waals surface area contributed by atoms with Gasteiger partial charge in [-0.15, -0.1) is 0 Å². The minimum Gasteiger partial charge on any atom is -0.462 e. The van der Waals surface area contributed by atoms with Crippen LogP contribution < -0.4 is 0 Å². The normalized spacial score (nSPS) is 12.2. The van der Waals surface area contributed by atoms with E-state index in [1.165, 1.54) is 289 Å². The average Bonchev–Trinajstić information content (AvgIpc) is 3.46. The van der Waals surface area contributed by atoms with Gasteiger partial charge in [-0.1, -0.05) is 359 Å². The van der Waals surface area contributed by atoms with Crippen molar-refractivity contribution < 1.29 is 28.6 Å². The molecular weight excluding hydrogens is 985 g/mol. The largest absolute Gasteiger partial charge is 0.462 e. The van der Waals surface area contributed by atoms with Crippen LogP contribution in [0.1, 0.15) is 400 Å². The zero-order valence-electron chi connectivity index (χ0n) is 54.1. The number of rotatable bonds is 67.